The van der Waals surface area contributed by atoms with Crippen molar-refractivity contribution in [3.05, 3.63) is 11.6 Å². The Morgan fingerprint density at radius 3 is 2.21 bits per heavy atom. The first-order chi connectivity index (χ1) is 15.7. The van der Waals surface area contributed by atoms with E-state index in [4.69, 9.17) is 0 Å². The van der Waals surface area contributed by atoms with Gasteiger partial charge in [-0.25, -0.2) is 0 Å². The van der Waals surface area contributed by atoms with Crippen molar-refractivity contribution in [3.8, 4) is 0 Å². The molecule has 34 heavy (non-hydrogen) atoms. The van der Waals surface area contributed by atoms with E-state index in [0.717, 1.165) is 44.9 Å². The highest BCUT2D eigenvalue weighted by atomic mass is 16.3. The molecule has 0 aromatic carbocycles. The second-order valence-corrected chi connectivity index (χ2v) is 15.6. The van der Waals surface area contributed by atoms with Crippen LogP contribution in [0.3, 0.4) is 0 Å². The van der Waals surface area contributed by atoms with Crippen molar-refractivity contribution in [1.29, 1.82) is 0 Å². The number of fused-ring (bicyclic) bond motifs is 7. The van der Waals surface area contributed by atoms with Gasteiger partial charge in [0.2, 0.25) is 0 Å². The lowest BCUT2D eigenvalue weighted by Gasteiger charge is -2.72. The first kappa shape index (κ1) is 25.3. The summed E-state index contributed by atoms with van der Waals surface area (Å²) >= 11 is 0. The lowest BCUT2D eigenvalue weighted by Crippen LogP contribution is -2.66. The molecule has 3 N–H and O–H groups in total. The van der Waals surface area contributed by atoms with Gasteiger partial charge in [0.25, 0.3) is 0 Å². The molecule has 0 spiro atoms. The fraction of sp³-hybridized carbons (Fsp3) is 0.935. The molecule has 3 heteroatoms. The lowest BCUT2D eigenvalue weighted by molar-refractivity contribution is -0.213. The van der Waals surface area contributed by atoms with E-state index in [1.54, 1.807) is 5.57 Å². The molecule has 5 aliphatic carbocycles. The molecule has 0 aromatic heterocycles. The van der Waals surface area contributed by atoms with Crippen LogP contribution in [-0.2, 0) is 0 Å². The molecule has 5 rings (SSSR count). The van der Waals surface area contributed by atoms with Gasteiger partial charge in [-0.1, -0.05) is 60.1 Å². The van der Waals surface area contributed by atoms with E-state index in [-0.39, 0.29) is 57.7 Å². The van der Waals surface area contributed by atoms with Crippen molar-refractivity contribution < 1.29 is 15.3 Å². The third-order valence-electron chi connectivity index (χ3n) is 13.6. The van der Waals surface area contributed by atoms with Crippen LogP contribution in [-0.4, -0.2) is 34.6 Å². The Morgan fingerprint density at radius 1 is 0.853 bits per heavy atom. The Morgan fingerprint density at radius 2 is 1.56 bits per heavy atom. The molecular formula is C31H52O3. The number of rotatable bonds is 2. The maximum Gasteiger partial charge on any atom is 0.0594 e. The first-order valence-corrected chi connectivity index (χ1v) is 14.3. The molecule has 5 aliphatic rings. The second kappa shape index (κ2) is 7.57. The van der Waals surface area contributed by atoms with Crippen LogP contribution in [0.5, 0.6) is 0 Å². The molecule has 0 heterocycles. The van der Waals surface area contributed by atoms with Crippen molar-refractivity contribution in [3.63, 3.8) is 0 Å². The summed E-state index contributed by atoms with van der Waals surface area (Å²) in [5.41, 5.74) is 2.23. The maximum atomic E-state index is 10.9. The van der Waals surface area contributed by atoms with E-state index in [2.05, 4.69) is 54.5 Å². The minimum Gasteiger partial charge on any atom is -0.396 e. The molecule has 3 nitrogen and oxygen atoms in total. The molecule has 4 fully saturated rings. The van der Waals surface area contributed by atoms with Crippen LogP contribution in [0.15, 0.2) is 11.6 Å². The number of hydrogen-bond donors (Lipinski definition) is 3. The van der Waals surface area contributed by atoms with Crippen LogP contribution in [0.1, 0.15) is 106 Å². The summed E-state index contributed by atoms with van der Waals surface area (Å²) in [6, 6.07) is 0. The number of allylic oxidation sites excluding steroid dienone is 2. The monoisotopic (exact) mass is 472 g/mol. The summed E-state index contributed by atoms with van der Waals surface area (Å²) in [7, 11) is 0. The van der Waals surface area contributed by atoms with Gasteiger partial charge in [-0.15, -0.1) is 0 Å². The highest BCUT2D eigenvalue weighted by Gasteiger charge is 2.69. The Bertz CT molecular complexity index is 859. The van der Waals surface area contributed by atoms with Gasteiger partial charge >= 0.3 is 0 Å². The van der Waals surface area contributed by atoms with E-state index >= 15 is 0 Å². The molecule has 4 saturated carbocycles. The molecule has 0 aromatic rings. The van der Waals surface area contributed by atoms with Crippen LogP contribution < -0.4 is 0 Å². The fourth-order valence-electron chi connectivity index (χ4n) is 11.2. The smallest absolute Gasteiger partial charge is 0.0594 e. The first-order valence-electron chi connectivity index (χ1n) is 14.3. The zero-order valence-electron chi connectivity index (χ0n) is 23.1. The normalized spacial score (nSPS) is 53.6. The fourth-order valence-corrected chi connectivity index (χ4v) is 11.2. The number of hydrogen-bond acceptors (Lipinski definition) is 3. The van der Waals surface area contributed by atoms with Crippen molar-refractivity contribution in [1.82, 2.24) is 0 Å². The largest absolute Gasteiger partial charge is 0.396 e. The van der Waals surface area contributed by atoms with E-state index in [9.17, 15) is 15.3 Å². The lowest BCUT2D eigenvalue weighted by atomic mass is 9.32. The van der Waals surface area contributed by atoms with Crippen molar-refractivity contribution in [2.24, 2.45) is 56.2 Å². The van der Waals surface area contributed by atoms with Crippen LogP contribution in [0, 0.1) is 56.2 Å². The minimum absolute atomic E-state index is 0.0289. The van der Waals surface area contributed by atoms with Gasteiger partial charge in [-0.2, -0.15) is 0 Å². The second-order valence-electron chi connectivity index (χ2n) is 15.6. The predicted molar refractivity (Wildman–Crippen MR) is 138 cm³/mol. The van der Waals surface area contributed by atoms with Crippen LogP contribution in [0.4, 0.5) is 0 Å². The van der Waals surface area contributed by atoms with Crippen LogP contribution in [0.2, 0.25) is 0 Å². The van der Waals surface area contributed by atoms with Crippen molar-refractivity contribution in [2.75, 3.05) is 13.2 Å². The summed E-state index contributed by atoms with van der Waals surface area (Å²) in [5.74, 6) is 1.72. The van der Waals surface area contributed by atoms with Gasteiger partial charge in [0.05, 0.1) is 6.10 Å². The topological polar surface area (TPSA) is 60.7 Å². The van der Waals surface area contributed by atoms with Crippen molar-refractivity contribution >= 4 is 0 Å². The molecule has 0 bridgehead atoms. The summed E-state index contributed by atoms with van der Waals surface area (Å²) in [5, 5.41) is 32.5. The Balaban J connectivity index is 1.62. The average molecular weight is 473 g/mol. The Labute approximate surface area is 208 Å². The number of aliphatic hydroxyl groups excluding tert-OH is 3. The van der Waals surface area contributed by atoms with Crippen molar-refractivity contribution in [2.45, 2.75) is 112 Å². The Kier molecular flexibility index (Phi) is 5.63. The summed E-state index contributed by atoms with van der Waals surface area (Å²) in [4.78, 5) is 0. The van der Waals surface area contributed by atoms with Gasteiger partial charge in [-0.05, 0) is 109 Å². The minimum atomic E-state index is -0.191. The maximum absolute atomic E-state index is 10.9. The molecule has 0 radical (unpaired) electrons. The molecule has 0 amide bonds. The van der Waals surface area contributed by atoms with Gasteiger partial charge in [-0.3, -0.25) is 0 Å². The molecular weight excluding hydrogens is 420 g/mol. The summed E-state index contributed by atoms with van der Waals surface area (Å²) in [6.45, 7) is 17.5. The number of aliphatic hydroxyl groups is 3. The quantitative estimate of drug-likeness (QED) is 0.410. The molecule has 0 unspecified atom stereocenters. The van der Waals surface area contributed by atoms with E-state index in [0.29, 0.717) is 17.8 Å². The summed E-state index contributed by atoms with van der Waals surface area (Å²) < 4.78 is 0. The van der Waals surface area contributed by atoms with Crippen LogP contribution >= 0.6 is 0 Å². The predicted octanol–water partition coefficient (Wildman–Crippen LogP) is 6.36. The van der Waals surface area contributed by atoms with Gasteiger partial charge in [0, 0.05) is 18.6 Å². The highest BCUT2D eigenvalue weighted by Crippen LogP contribution is 2.76. The Hall–Kier alpha value is -0.380. The van der Waals surface area contributed by atoms with Gasteiger partial charge in [0.1, 0.15) is 0 Å². The van der Waals surface area contributed by atoms with E-state index in [1.165, 1.54) is 12.8 Å². The van der Waals surface area contributed by atoms with E-state index in [1.807, 2.05) is 0 Å². The zero-order valence-corrected chi connectivity index (χ0v) is 23.1. The molecule has 0 saturated heterocycles. The third kappa shape index (κ3) is 2.99. The zero-order chi connectivity index (χ0) is 24.9. The average Bonchev–Trinajstić information content (AvgIpc) is 2.76. The highest BCUT2D eigenvalue weighted by molar-refractivity contribution is 5.34. The van der Waals surface area contributed by atoms with Crippen LogP contribution in [0.25, 0.3) is 0 Å². The van der Waals surface area contributed by atoms with Gasteiger partial charge < -0.3 is 15.3 Å². The SMILES string of the molecule is CC1(C)CC[C@]2(CO)[C@@H](CO)C[C@]3(C)C(=CC[C@@H]4[C@@]5(C)CC[C@H](O)C(C)(C)[C@@H]5CC[C@]43C)[C@@H]2C1. The van der Waals surface area contributed by atoms with E-state index < -0.39 is 0 Å². The molecule has 0 aliphatic heterocycles. The standard InChI is InChI=1S/C31H52O3/c1-26(2)14-15-31(19-33)20(18-32)16-30(7)21(22(31)17-26)8-9-24-28(5)12-11-25(34)27(3,4)23(28)10-13-29(24,30)6/h8,20,22-25,32-34H,9-19H2,1-7H3/t20-,22+,23+,24-,25+,28+,29-,30-,31+/m1/s1. The third-order valence-corrected chi connectivity index (χ3v) is 13.6. The molecule has 9 atom stereocenters. The molecule has 194 valence electrons. The summed E-state index contributed by atoms with van der Waals surface area (Å²) in [6.07, 6.45) is 12.4. The van der Waals surface area contributed by atoms with Gasteiger partial charge in [0.15, 0.2) is 0 Å².